The highest BCUT2D eigenvalue weighted by Crippen LogP contribution is 2.34. The first-order valence-electron chi connectivity index (χ1n) is 11.5. The number of morpholine rings is 1. The molecule has 0 saturated carbocycles. The third-order valence-electron chi connectivity index (χ3n) is 6.56. The summed E-state index contributed by atoms with van der Waals surface area (Å²) in [4.78, 5) is 15.0. The molecular weight excluding hydrogens is 384 g/mol. The van der Waals surface area contributed by atoms with Crippen molar-refractivity contribution >= 4 is 11.5 Å². The molecule has 2 aliphatic carbocycles. The molecule has 1 amide bonds. The zero-order chi connectivity index (χ0) is 21.2. The molecular formula is C27H30N2O2. The average Bonchev–Trinajstić information content (AvgIpc) is 2.97. The normalized spacial score (nSPS) is 20.9. The number of nitrogens with zero attached hydrogens (tertiary/aromatic N) is 2. The van der Waals surface area contributed by atoms with Gasteiger partial charge in [0.15, 0.2) is 0 Å². The van der Waals surface area contributed by atoms with E-state index in [4.69, 9.17) is 4.74 Å². The van der Waals surface area contributed by atoms with Gasteiger partial charge < -0.3 is 14.2 Å². The molecule has 4 nitrogen and oxygen atoms in total. The maximum absolute atomic E-state index is 13.1. The molecule has 1 aliphatic heterocycles. The summed E-state index contributed by atoms with van der Waals surface area (Å²) in [5, 5.41) is 0. The van der Waals surface area contributed by atoms with Gasteiger partial charge in [0.25, 0.3) is 5.91 Å². The summed E-state index contributed by atoms with van der Waals surface area (Å²) < 4.78 is 7.81. The van der Waals surface area contributed by atoms with Gasteiger partial charge in [0.1, 0.15) is 0 Å². The first kappa shape index (κ1) is 20.1. The van der Waals surface area contributed by atoms with Gasteiger partial charge >= 0.3 is 0 Å². The molecule has 1 aromatic heterocycles. The summed E-state index contributed by atoms with van der Waals surface area (Å²) in [6.45, 7) is 4.90. The predicted octanol–water partition coefficient (Wildman–Crippen LogP) is 4.97. The average molecular weight is 415 g/mol. The molecule has 1 aromatic carbocycles. The van der Waals surface area contributed by atoms with Crippen molar-refractivity contribution in [3.63, 3.8) is 0 Å². The van der Waals surface area contributed by atoms with E-state index in [1.165, 1.54) is 28.9 Å². The van der Waals surface area contributed by atoms with Gasteiger partial charge in [-0.2, -0.15) is 0 Å². The van der Waals surface area contributed by atoms with E-state index in [9.17, 15) is 4.79 Å². The van der Waals surface area contributed by atoms with Gasteiger partial charge in [0.05, 0.1) is 18.9 Å². The highest BCUT2D eigenvalue weighted by atomic mass is 16.5. The summed E-state index contributed by atoms with van der Waals surface area (Å²) in [5.41, 5.74) is 7.11. The molecule has 0 bridgehead atoms. The van der Waals surface area contributed by atoms with Gasteiger partial charge in [-0.15, -0.1) is 0 Å². The topological polar surface area (TPSA) is 34.5 Å². The van der Waals surface area contributed by atoms with Crippen molar-refractivity contribution in [3.8, 4) is 5.69 Å². The van der Waals surface area contributed by atoms with Crippen LogP contribution in [0.1, 0.15) is 47.1 Å². The molecule has 0 N–H and O–H groups in total. The summed E-state index contributed by atoms with van der Waals surface area (Å²) in [6.07, 6.45) is 15.3. The molecule has 0 spiro atoms. The van der Waals surface area contributed by atoms with Crippen LogP contribution in [-0.4, -0.2) is 41.7 Å². The maximum Gasteiger partial charge on any atom is 0.254 e. The van der Waals surface area contributed by atoms with Crippen molar-refractivity contribution in [2.45, 2.75) is 32.6 Å². The quantitative estimate of drug-likeness (QED) is 0.710. The summed E-state index contributed by atoms with van der Waals surface area (Å²) >= 11 is 0. The molecule has 3 aliphatic rings. The van der Waals surface area contributed by atoms with Crippen molar-refractivity contribution in [3.05, 3.63) is 83.2 Å². The minimum Gasteiger partial charge on any atom is -0.378 e. The van der Waals surface area contributed by atoms with Crippen LogP contribution in [0.5, 0.6) is 0 Å². The number of hydrogen-bond acceptors (Lipinski definition) is 2. The van der Waals surface area contributed by atoms with Crippen molar-refractivity contribution < 1.29 is 9.53 Å². The number of carbonyl (C=O) groups excluding carboxylic acids is 1. The number of benzene rings is 1. The number of carbonyl (C=O) groups is 1. The number of allylic oxidation sites excluding steroid dienone is 6. The molecule has 1 atom stereocenters. The van der Waals surface area contributed by atoms with E-state index >= 15 is 0 Å². The Labute approximate surface area is 184 Å². The SMILES string of the molecule is CC1CCc2c(cc(C3=CC=CCC=C3)n2-c2cccc(C(=O)N3CCOCC3)c2)C1. The van der Waals surface area contributed by atoms with Crippen molar-refractivity contribution in [2.75, 3.05) is 26.3 Å². The monoisotopic (exact) mass is 414 g/mol. The Morgan fingerprint density at radius 2 is 2.00 bits per heavy atom. The first-order valence-corrected chi connectivity index (χ1v) is 11.5. The Kier molecular flexibility index (Phi) is 5.65. The standard InChI is InChI=1S/C27H30N2O2/c1-20-11-12-25-23(17-20)19-26(21-7-4-2-3-5-8-21)29(25)24-10-6-9-22(18-24)27(30)28-13-15-31-16-14-28/h2,4-10,18-20H,3,11-17H2,1H3. The fourth-order valence-electron chi connectivity index (χ4n) is 4.90. The first-order chi connectivity index (χ1) is 15.2. The molecule has 1 fully saturated rings. The van der Waals surface area contributed by atoms with Gasteiger partial charge in [-0.25, -0.2) is 0 Å². The van der Waals surface area contributed by atoms with E-state index in [1.807, 2.05) is 17.0 Å². The molecule has 0 radical (unpaired) electrons. The number of rotatable bonds is 3. The molecule has 160 valence electrons. The van der Waals surface area contributed by atoms with E-state index < -0.39 is 0 Å². The number of ether oxygens (including phenoxy) is 1. The minimum absolute atomic E-state index is 0.0952. The second-order valence-electron chi connectivity index (χ2n) is 8.83. The lowest BCUT2D eigenvalue weighted by Crippen LogP contribution is -2.40. The van der Waals surface area contributed by atoms with Gasteiger partial charge in [0.2, 0.25) is 0 Å². The van der Waals surface area contributed by atoms with Crippen molar-refractivity contribution in [1.29, 1.82) is 0 Å². The van der Waals surface area contributed by atoms with E-state index in [0.29, 0.717) is 32.2 Å². The third-order valence-corrected chi connectivity index (χ3v) is 6.56. The van der Waals surface area contributed by atoms with E-state index in [0.717, 1.165) is 30.5 Å². The summed E-state index contributed by atoms with van der Waals surface area (Å²) in [5.74, 6) is 0.807. The van der Waals surface area contributed by atoms with Crippen LogP contribution in [0.2, 0.25) is 0 Å². The summed E-state index contributed by atoms with van der Waals surface area (Å²) in [7, 11) is 0. The van der Waals surface area contributed by atoms with Crippen LogP contribution in [-0.2, 0) is 17.6 Å². The van der Waals surface area contributed by atoms with Crippen LogP contribution in [0.15, 0.2) is 60.7 Å². The van der Waals surface area contributed by atoms with Gasteiger partial charge in [0, 0.05) is 30.0 Å². The number of hydrogen-bond donors (Lipinski definition) is 0. The van der Waals surface area contributed by atoms with Crippen LogP contribution in [0.3, 0.4) is 0 Å². The van der Waals surface area contributed by atoms with Gasteiger partial charge in [-0.3, -0.25) is 4.79 Å². The lowest BCUT2D eigenvalue weighted by atomic mass is 9.89. The maximum atomic E-state index is 13.1. The Morgan fingerprint density at radius 1 is 1.13 bits per heavy atom. The van der Waals surface area contributed by atoms with Crippen LogP contribution in [0, 0.1) is 5.92 Å². The number of amides is 1. The minimum atomic E-state index is 0.0952. The Morgan fingerprint density at radius 3 is 2.87 bits per heavy atom. The predicted molar refractivity (Wildman–Crippen MR) is 125 cm³/mol. The van der Waals surface area contributed by atoms with E-state index in [-0.39, 0.29) is 5.91 Å². The zero-order valence-corrected chi connectivity index (χ0v) is 18.2. The molecule has 1 saturated heterocycles. The number of aromatic nitrogens is 1. The molecule has 2 aromatic rings. The molecule has 31 heavy (non-hydrogen) atoms. The second kappa shape index (κ2) is 8.72. The molecule has 1 unspecified atom stereocenters. The lowest BCUT2D eigenvalue weighted by molar-refractivity contribution is 0.0303. The Bertz CT molecular complexity index is 1070. The molecule has 5 rings (SSSR count). The largest absolute Gasteiger partial charge is 0.378 e. The lowest BCUT2D eigenvalue weighted by Gasteiger charge is -2.27. The highest BCUT2D eigenvalue weighted by Gasteiger charge is 2.25. The van der Waals surface area contributed by atoms with E-state index in [2.05, 4.69) is 60.1 Å². The second-order valence-corrected chi connectivity index (χ2v) is 8.83. The van der Waals surface area contributed by atoms with E-state index in [1.54, 1.807) is 0 Å². The van der Waals surface area contributed by atoms with Crippen LogP contribution >= 0.6 is 0 Å². The Hall–Kier alpha value is -2.85. The van der Waals surface area contributed by atoms with Gasteiger partial charge in [-0.05, 0) is 67.0 Å². The van der Waals surface area contributed by atoms with Crippen LogP contribution in [0.25, 0.3) is 11.3 Å². The van der Waals surface area contributed by atoms with Crippen molar-refractivity contribution in [2.24, 2.45) is 5.92 Å². The third kappa shape index (κ3) is 4.05. The molecule has 4 heteroatoms. The molecule has 2 heterocycles. The summed E-state index contributed by atoms with van der Waals surface area (Å²) in [6, 6.07) is 10.5. The Balaban J connectivity index is 1.59. The number of fused-ring (bicyclic) bond motifs is 1. The van der Waals surface area contributed by atoms with Crippen molar-refractivity contribution in [1.82, 2.24) is 9.47 Å². The van der Waals surface area contributed by atoms with Crippen LogP contribution < -0.4 is 0 Å². The fourth-order valence-corrected chi connectivity index (χ4v) is 4.90. The smallest absolute Gasteiger partial charge is 0.254 e. The van der Waals surface area contributed by atoms with Crippen LogP contribution in [0.4, 0.5) is 0 Å². The zero-order valence-electron chi connectivity index (χ0n) is 18.2. The fraction of sp³-hybridized carbons (Fsp3) is 0.370. The highest BCUT2D eigenvalue weighted by molar-refractivity contribution is 5.95. The van der Waals surface area contributed by atoms with Gasteiger partial charge in [-0.1, -0.05) is 43.4 Å².